The first-order valence-electron chi connectivity index (χ1n) is 6.35. The van der Waals surface area contributed by atoms with Gasteiger partial charge in [0.25, 0.3) is 0 Å². The molecule has 0 radical (unpaired) electrons. The molecule has 3 heteroatoms. The van der Waals surface area contributed by atoms with Crippen LogP contribution < -0.4 is 5.73 Å². The van der Waals surface area contributed by atoms with Crippen molar-refractivity contribution in [1.82, 2.24) is 4.90 Å². The predicted octanol–water partition coefficient (Wildman–Crippen LogP) is 1.23. The molecular weight excluding hydrogens is 188 g/mol. The molecule has 2 rings (SSSR count). The van der Waals surface area contributed by atoms with Gasteiger partial charge in [0.1, 0.15) is 0 Å². The third-order valence-electron chi connectivity index (χ3n) is 3.99. The Bertz CT molecular complexity index is 184. The lowest BCUT2D eigenvalue weighted by Gasteiger charge is -2.41. The first-order valence-corrected chi connectivity index (χ1v) is 6.35. The summed E-state index contributed by atoms with van der Waals surface area (Å²) in [5.41, 5.74) is 6.33. The third kappa shape index (κ3) is 2.92. The van der Waals surface area contributed by atoms with Crippen LogP contribution in [0.25, 0.3) is 0 Å². The van der Waals surface area contributed by atoms with Crippen molar-refractivity contribution < 1.29 is 4.74 Å². The lowest BCUT2D eigenvalue weighted by molar-refractivity contribution is -0.00289. The molecule has 2 fully saturated rings. The molecule has 0 aliphatic carbocycles. The zero-order chi connectivity index (χ0) is 10.6. The highest BCUT2D eigenvalue weighted by atomic mass is 16.5. The molecule has 88 valence electrons. The van der Waals surface area contributed by atoms with E-state index in [-0.39, 0.29) is 0 Å². The van der Waals surface area contributed by atoms with Crippen molar-refractivity contribution in [3.05, 3.63) is 0 Å². The number of ether oxygens (including phenoxy) is 1. The quantitative estimate of drug-likeness (QED) is 0.764. The average molecular weight is 212 g/mol. The number of hydrogen-bond acceptors (Lipinski definition) is 3. The zero-order valence-electron chi connectivity index (χ0n) is 9.71. The first-order chi connectivity index (χ1) is 7.35. The number of piperidine rings is 1. The molecule has 0 spiro atoms. The van der Waals surface area contributed by atoms with E-state index in [4.69, 9.17) is 10.5 Å². The summed E-state index contributed by atoms with van der Waals surface area (Å²) in [6.07, 6.45) is 6.46. The van der Waals surface area contributed by atoms with E-state index in [1.165, 1.54) is 38.9 Å². The second-order valence-electron chi connectivity index (χ2n) is 5.15. The van der Waals surface area contributed by atoms with Crippen molar-refractivity contribution >= 4 is 0 Å². The van der Waals surface area contributed by atoms with Gasteiger partial charge in [-0.25, -0.2) is 0 Å². The molecular formula is C12H24N2O. The molecule has 0 aromatic carbocycles. The second kappa shape index (κ2) is 5.28. The molecule has 2 aliphatic rings. The van der Waals surface area contributed by atoms with E-state index in [2.05, 4.69) is 4.90 Å². The van der Waals surface area contributed by atoms with Gasteiger partial charge in [0.15, 0.2) is 0 Å². The lowest BCUT2D eigenvalue weighted by atomic mass is 9.79. The maximum atomic E-state index is 5.97. The molecule has 15 heavy (non-hydrogen) atoms. The Balaban J connectivity index is 1.87. The molecule has 0 bridgehead atoms. The van der Waals surface area contributed by atoms with E-state index in [0.717, 1.165) is 32.6 Å². The van der Waals surface area contributed by atoms with Gasteiger partial charge in [-0.2, -0.15) is 0 Å². The summed E-state index contributed by atoms with van der Waals surface area (Å²) in [6.45, 7) is 6.40. The molecule has 2 N–H and O–H groups in total. The van der Waals surface area contributed by atoms with Crippen LogP contribution in [0.4, 0.5) is 0 Å². The van der Waals surface area contributed by atoms with Crippen LogP contribution in [0, 0.1) is 5.41 Å². The molecule has 0 amide bonds. The lowest BCUT2D eigenvalue weighted by Crippen LogP contribution is -2.47. The van der Waals surface area contributed by atoms with E-state index < -0.39 is 0 Å². The van der Waals surface area contributed by atoms with Gasteiger partial charge < -0.3 is 15.4 Å². The van der Waals surface area contributed by atoms with Crippen LogP contribution in [-0.2, 0) is 4.74 Å². The second-order valence-corrected chi connectivity index (χ2v) is 5.15. The maximum Gasteiger partial charge on any atom is 0.0472 e. The molecule has 2 heterocycles. The Morgan fingerprint density at radius 3 is 2.33 bits per heavy atom. The van der Waals surface area contributed by atoms with Crippen molar-refractivity contribution in [2.24, 2.45) is 11.1 Å². The van der Waals surface area contributed by atoms with Crippen LogP contribution in [0.1, 0.15) is 32.1 Å². The fourth-order valence-electron chi connectivity index (χ4n) is 2.82. The normalized spacial score (nSPS) is 27.8. The maximum absolute atomic E-state index is 5.97. The summed E-state index contributed by atoms with van der Waals surface area (Å²) in [5.74, 6) is 0. The minimum absolute atomic E-state index is 0.357. The average Bonchev–Trinajstić information content (AvgIpc) is 2.32. The summed E-state index contributed by atoms with van der Waals surface area (Å²) in [5, 5.41) is 0. The molecule has 2 saturated heterocycles. The van der Waals surface area contributed by atoms with Crippen LogP contribution in [0.3, 0.4) is 0 Å². The summed E-state index contributed by atoms with van der Waals surface area (Å²) >= 11 is 0. The van der Waals surface area contributed by atoms with E-state index in [1.54, 1.807) is 0 Å². The van der Waals surface area contributed by atoms with Crippen LogP contribution in [0.15, 0.2) is 0 Å². The van der Waals surface area contributed by atoms with Crippen molar-refractivity contribution in [2.45, 2.75) is 32.1 Å². The van der Waals surface area contributed by atoms with E-state index in [0.29, 0.717) is 5.41 Å². The number of nitrogens with zero attached hydrogens (tertiary/aromatic N) is 1. The van der Waals surface area contributed by atoms with Gasteiger partial charge in [-0.05, 0) is 50.7 Å². The van der Waals surface area contributed by atoms with Crippen LogP contribution in [0.5, 0.6) is 0 Å². The highest BCUT2D eigenvalue weighted by molar-refractivity contribution is 4.86. The molecule has 2 aliphatic heterocycles. The molecule has 0 aromatic heterocycles. The van der Waals surface area contributed by atoms with Crippen molar-refractivity contribution in [3.8, 4) is 0 Å². The minimum Gasteiger partial charge on any atom is -0.381 e. The Hall–Kier alpha value is -0.120. The van der Waals surface area contributed by atoms with Crippen LogP contribution in [0.2, 0.25) is 0 Å². The van der Waals surface area contributed by atoms with Gasteiger partial charge in [0.2, 0.25) is 0 Å². The van der Waals surface area contributed by atoms with Crippen molar-refractivity contribution in [2.75, 3.05) is 39.4 Å². The third-order valence-corrected chi connectivity index (χ3v) is 3.99. The smallest absolute Gasteiger partial charge is 0.0472 e. The monoisotopic (exact) mass is 212 g/mol. The van der Waals surface area contributed by atoms with Gasteiger partial charge in [-0.1, -0.05) is 6.42 Å². The van der Waals surface area contributed by atoms with E-state index in [1.807, 2.05) is 0 Å². The fourth-order valence-corrected chi connectivity index (χ4v) is 2.82. The van der Waals surface area contributed by atoms with Crippen molar-refractivity contribution in [1.29, 1.82) is 0 Å². The topological polar surface area (TPSA) is 38.5 Å². The Morgan fingerprint density at radius 2 is 1.73 bits per heavy atom. The van der Waals surface area contributed by atoms with Gasteiger partial charge in [-0.15, -0.1) is 0 Å². The predicted molar refractivity (Wildman–Crippen MR) is 61.8 cm³/mol. The number of likely N-dealkylation sites (tertiary alicyclic amines) is 1. The summed E-state index contributed by atoms with van der Waals surface area (Å²) in [6, 6.07) is 0. The first kappa shape index (κ1) is 11.4. The van der Waals surface area contributed by atoms with Crippen LogP contribution >= 0.6 is 0 Å². The molecule has 0 aromatic rings. The highest BCUT2D eigenvalue weighted by Crippen LogP contribution is 2.31. The largest absolute Gasteiger partial charge is 0.381 e. The van der Waals surface area contributed by atoms with Gasteiger partial charge in [0.05, 0.1) is 0 Å². The minimum atomic E-state index is 0.357. The molecule has 0 atom stereocenters. The Kier molecular flexibility index (Phi) is 4.00. The molecule has 0 unspecified atom stereocenters. The number of hydrogen-bond donors (Lipinski definition) is 1. The van der Waals surface area contributed by atoms with Gasteiger partial charge in [0, 0.05) is 19.8 Å². The van der Waals surface area contributed by atoms with Crippen LogP contribution in [-0.4, -0.2) is 44.3 Å². The standard InChI is InChI=1S/C12H24N2O/c13-10-12(4-8-15-9-5-12)11-14-6-2-1-3-7-14/h1-11,13H2. The van der Waals surface area contributed by atoms with E-state index in [9.17, 15) is 0 Å². The highest BCUT2D eigenvalue weighted by Gasteiger charge is 2.33. The Labute approximate surface area is 93.0 Å². The number of nitrogens with two attached hydrogens (primary N) is 1. The van der Waals surface area contributed by atoms with E-state index >= 15 is 0 Å². The van der Waals surface area contributed by atoms with Gasteiger partial charge in [-0.3, -0.25) is 0 Å². The summed E-state index contributed by atoms with van der Waals surface area (Å²) in [7, 11) is 0. The molecule has 3 nitrogen and oxygen atoms in total. The summed E-state index contributed by atoms with van der Waals surface area (Å²) < 4.78 is 5.44. The number of rotatable bonds is 3. The van der Waals surface area contributed by atoms with Gasteiger partial charge >= 0.3 is 0 Å². The zero-order valence-corrected chi connectivity index (χ0v) is 9.71. The Morgan fingerprint density at radius 1 is 1.07 bits per heavy atom. The SMILES string of the molecule is NCC1(CN2CCCCC2)CCOCC1. The summed E-state index contributed by atoms with van der Waals surface area (Å²) in [4.78, 5) is 2.61. The molecule has 0 saturated carbocycles. The fraction of sp³-hybridized carbons (Fsp3) is 1.00. The van der Waals surface area contributed by atoms with Crippen molar-refractivity contribution in [3.63, 3.8) is 0 Å².